The fourth-order valence-corrected chi connectivity index (χ4v) is 1.99. The van der Waals surface area contributed by atoms with Crippen LogP contribution in [-0.2, 0) is 4.79 Å². The Hall–Kier alpha value is -2.70. The zero-order chi connectivity index (χ0) is 15.2. The van der Waals surface area contributed by atoms with E-state index in [9.17, 15) is 14.9 Å². The molecule has 110 valence electrons. The first-order chi connectivity index (χ1) is 10.1. The molecule has 1 aromatic heterocycles. The van der Waals surface area contributed by atoms with Gasteiger partial charge in [-0.3, -0.25) is 19.9 Å². The van der Waals surface area contributed by atoms with Gasteiger partial charge < -0.3 is 10.6 Å². The molecule has 0 fully saturated rings. The molecule has 7 nitrogen and oxygen atoms in total. The third-order valence-corrected chi connectivity index (χ3v) is 3.00. The van der Waals surface area contributed by atoms with Crippen LogP contribution < -0.4 is 10.6 Å². The fourth-order valence-electron chi connectivity index (χ4n) is 1.99. The molecule has 0 unspecified atom stereocenters. The first-order valence-electron chi connectivity index (χ1n) is 6.65. The predicted octanol–water partition coefficient (Wildman–Crippen LogP) is 2.08. The lowest BCUT2D eigenvalue weighted by Crippen LogP contribution is -2.30. The number of carbonyl (C=O) groups is 1. The van der Waals surface area contributed by atoms with Crippen molar-refractivity contribution in [3.05, 3.63) is 40.7 Å². The summed E-state index contributed by atoms with van der Waals surface area (Å²) in [6, 6.07) is 4.71. The van der Waals surface area contributed by atoms with Gasteiger partial charge in [0.2, 0.25) is 5.91 Å². The number of non-ortho nitro benzene ring substituents is 1. The molecule has 0 radical (unpaired) electrons. The first-order valence-corrected chi connectivity index (χ1v) is 6.65. The van der Waals surface area contributed by atoms with Gasteiger partial charge in [-0.05, 0) is 18.6 Å². The van der Waals surface area contributed by atoms with Crippen LogP contribution in [0.15, 0.2) is 30.6 Å². The smallest absolute Gasteiger partial charge is 0.278 e. The molecule has 1 heterocycles. The number of hydrogen-bond acceptors (Lipinski definition) is 5. The van der Waals surface area contributed by atoms with Gasteiger partial charge >= 0.3 is 0 Å². The van der Waals surface area contributed by atoms with Crippen molar-refractivity contribution in [1.82, 2.24) is 10.3 Å². The van der Waals surface area contributed by atoms with Crippen molar-refractivity contribution >= 4 is 28.1 Å². The average molecular weight is 288 g/mol. The zero-order valence-corrected chi connectivity index (χ0v) is 11.6. The van der Waals surface area contributed by atoms with Gasteiger partial charge in [0.15, 0.2) is 0 Å². The molecule has 0 saturated carbocycles. The number of pyridine rings is 1. The lowest BCUT2D eigenvalue weighted by atomic mass is 10.1. The average Bonchev–Trinajstić information content (AvgIpc) is 2.50. The van der Waals surface area contributed by atoms with Crippen molar-refractivity contribution in [2.75, 3.05) is 18.4 Å². The number of nitrogens with zero attached hydrogens (tertiary/aromatic N) is 2. The molecule has 2 N–H and O–H groups in total. The molecule has 1 amide bonds. The molecule has 0 aliphatic rings. The van der Waals surface area contributed by atoms with E-state index in [1.165, 1.54) is 12.3 Å². The highest BCUT2D eigenvalue weighted by atomic mass is 16.6. The van der Waals surface area contributed by atoms with Crippen LogP contribution in [0.1, 0.15) is 13.3 Å². The van der Waals surface area contributed by atoms with Gasteiger partial charge in [-0.1, -0.05) is 6.92 Å². The Morgan fingerprint density at radius 2 is 2.14 bits per heavy atom. The normalized spacial score (nSPS) is 10.3. The van der Waals surface area contributed by atoms with Crippen LogP contribution in [0.5, 0.6) is 0 Å². The molecule has 0 bridgehead atoms. The summed E-state index contributed by atoms with van der Waals surface area (Å²) in [5, 5.41) is 17.9. The van der Waals surface area contributed by atoms with Gasteiger partial charge in [-0.2, -0.15) is 0 Å². The van der Waals surface area contributed by atoms with Crippen molar-refractivity contribution in [2.45, 2.75) is 13.3 Å². The van der Waals surface area contributed by atoms with E-state index in [2.05, 4.69) is 15.6 Å². The number of fused-ring (bicyclic) bond motifs is 1. The first kappa shape index (κ1) is 14.7. The predicted molar refractivity (Wildman–Crippen MR) is 80.2 cm³/mol. The van der Waals surface area contributed by atoms with Crippen LogP contribution in [0.4, 0.5) is 11.4 Å². The highest BCUT2D eigenvalue weighted by Crippen LogP contribution is 2.30. The van der Waals surface area contributed by atoms with Crippen LogP contribution in [0, 0.1) is 10.1 Å². The number of aromatic nitrogens is 1. The summed E-state index contributed by atoms with van der Waals surface area (Å²) < 4.78 is 0. The van der Waals surface area contributed by atoms with Gasteiger partial charge in [0.25, 0.3) is 5.69 Å². The van der Waals surface area contributed by atoms with Crippen LogP contribution in [0.25, 0.3) is 10.8 Å². The minimum absolute atomic E-state index is 0.000848. The highest BCUT2D eigenvalue weighted by molar-refractivity contribution is 5.99. The zero-order valence-electron chi connectivity index (χ0n) is 11.6. The van der Waals surface area contributed by atoms with Crippen LogP contribution in [0.2, 0.25) is 0 Å². The molecule has 21 heavy (non-hydrogen) atoms. The van der Waals surface area contributed by atoms with Gasteiger partial charge in [0, 0.05) is 36.1 Å². The Balaban J connectivity index is 2.23. The molecular formula is C14H16N4O3. The second kappa shape index (κ2) is 6.65. The van der Waals surface area contributed by atoms with Crippen molar-refractivity contribution in [3.8, 4) is 0 Å². The Kier molecular flexibility index (Phi) is 4.65. The molecule has 1 aromatic carbocycles. The minimum atomic E-state index is -0.443. The quantitative estimate of drug-likeness (QED) is 0.626. The Bertz CT molecular complexity index is 672. The monoisotopic (exact) mass is 288 g/mol. The number of anilines is 1. The van der Waals surface area contributed by atoms with E-state index in [4.69, 9.17) is 0 Å². The summed E-state index contributed by atoms with van der Waals surface area (Å²) >= 11 is 0. The molecule has 7 heteroatoms. The molecule has 0 spiro atoms. The Morgan fingerprint density at radius 1 is 1.33 bits per heavy atom. The lowest BCUT2D eigenvalue weighted by molar-refractivity contribution is -0.383. The summed E-state index contributed by atoms with van der Waals surface area (Å²) in [6.07, 6.45) is 3.89. The molecule has 0 saturated heterocycles. The molecule has 2 rings (SSSR count). The van der Waals surface area contributed by atoms with Crippen molar-refractivity contribution in [2.24, 2.45) is 0 Å². The summed E-state index contributed by atoms with van der Waals surface area (Å²) in [4.78, 5) is 26.1. The maximum absolute atomic E-state index is 11.6. The van der Waals surface area contributed by atoms with E-state index in [1.54, 1.807) is 18.3 Å². The number of carbonyl (C=O) groups excluding carboxylic acids is 1. The van der Waals surface area contributed by atoms with E-state index in [-0.39, 0.29) is 18.1 Å². The third kappa shape index (κ3) is 3.44. The number of hydrogen-bond donors (Lipinski definition) is 2. The second-order valence-electron chi connectivity index (χ2n) is 4.51. The number of amides is 1. The van der Waals surface area contributed by atoms with Crippen LogP contribution >= 0.6 is 0 Å². The lowest BCUT2D eigenvalue weighted by Gasteiger charge is -2.10. The second-order valence-corrected chi connectivity index (χ2v) is 4.51. The van der Waals surface area contributed by atoms with E-state index in [1.807, 2.05) is 6.92 Å². The number of benzene rings is 1. The van der Waals surface area contributed by atoms with E-state index < -0.39 is 4.92 Å². The van der Waals surface area contributed by atoms with Gasteiger partial charge in [0.1, 0.15) is 0 Å². The van der Waals surface area contributed by atoms with Crippen molar-refractivity contribution in [1.29, 1.82) is 0 Å². The van der Waals surface area contributed by atoms with Crippen molar-refractivity contribution < 1.29 is 9.72 Å². The Morgan fingerprint density at radius 3 is 2.86 bits per heavy atom. The maximum atomic E-state index is 11.6. The minimum Gasteiger partial charge on any atom is -0.376 e. The SMILES string of the molecule is CCCNC(=O)CNc1ccc([N+](=O)[O-])c2cnccc12. The largest absolute Gasteiger partial charge is 0.376 e. The van der Waals surface area contributed by atoms with Gasteiger partial charge in [0.05, 0.1) is 16.9 Å². The van der Waals surface area contributed by atoms with E-state index in [0.29, 0.717) is 23.0 Å². The molecule has 2 aromatic rings. The molecule has 0 atom stereocenters. The van der Waals surface area contributed by atoms with E-state index >= 15 is 0 Å². The molecule has 0 aliphatic carbocycles. The highest BCUT2D eigenvalue weighted by Gasteiger charge is 2.14. The van der Waals surface area contributed by atoms with Gasteiger partial charge in [-0.25, -0.2) is 0 Å². The summed E-state index contributed by atoms with van der Waals surface area (Å²) in [7, 11) is 0. The topological polar surface area (TPSA) is 97.2 Å². The fraction of sp³-hybridized carbons (Fsp3) is 0.286. The van der Waals surface area contributed by atoms with Crippen LogP contribution in [0.3, 0.4) is 0 Å². The molecule has 0 aliphatic heterocycles. The maximum Gasteiger partial charge on any atom is 0.278 e. The standard InChI is InChI=1S/C14H16N4O3/c1-2-6-16-14(19)9-17-12-3-4-13(18(20)21)11-8-15-7-5-10(11)12/h3-5,7-8,17H,2,6,9H2,1H3,(H,16,19). The number of nitro groups is 1. The Labute approximate surface area is 121 Å². The van der Waals surface area contributed by atoms with Crippen LogP contribution in [-0.4, -0.2) is 28.9 Å². The summed E-state index contributed by atoms with van der Waals surface area (Å²) in [6.45, 7) is 2.73. The number of rotatable bonds is 6. The summed E-state index contributed by atoms with van der Waals surface area (Å²) in [5.41, 5.74) is 0.670. The van der Waals surface area contributed by atoms with Gasteiger partial charge in [-0.15, -0.1) is 0 Å². The number of nitro benzene ring substituents is 1. The van der Waals surface area contributed by atoms with E-state index in [0.717, 1.165) is 6.42 Å². The number of nitrogens with one attached hydrogen (secondary N) is 2. The van der Waals surface area contributed by atoms with Crippen molar-refractivity contribution in [3.63, 3.8) is 0 Å². The third-order valence-electron chi connectivity index (χ3n) is 3.00. The molecular weight excluding hydrogens is 272 g/mol. The summed E-state index contributed by atoms with van der Waals surface area (Å²) in [5.74, 6) is -0.114.